The molecule has 3 aromatic carbocycles. The van der Waals surface area contributed by atoms with Crippen LogP contribution in [0.1, 0.15) is 45.0 Å². The van der Waals surface area contributed by atoms with E-state index in [4.69, 9.17) is 4.74 Å². The van der Waals surface area contributed by atoms with Gasteiger partial charge in [-0.3, -0.25) is 29.0 Å². The fraction of sp³-hybridized carbons (Fsp3) is 0.257. The average molecular weight is 637 g/mol. The summed E-state index contributed by atoms with van der Waals surface area (Å²) in [6, 6.07) is 15.9. The minimum atomic E-state index is -1.23. The SMILES string of the molecule is COc1cccc(C2C3=CCC4C(=O)N(c5cccc(C(=O)O)c5)C(=O)C4C3CC3C(=O)N(c4cccc(C(=O)O)c4)C(=O)C32)c1O. The van der Waals surface area contributed by atoms with Crippen LogP contribution in [0.2, 0.25) is 0 Å². The van der Waals surface area contributed by atoms with Crippen molar-refractivity contribution in [2.24, 2.45) is 29.6 Å². The van der Waals surface area contributed by atoms with Gasteiger partial charge in [-0.05, 0) is 61.2 Å². The van der Waals surface area contributed by atoms with Crippen molar-refractivity contribution in [1.82, 2.24) is 0 Å². The third-order valence-electron chi connectivity index (χ3n) is 9.94. The van der Waals surface area contributed by atoms with E-state index in [1.165, 1.54) is 55.6 Å². The minimum Gasteiger partial charge on any atom is -0.504 e. The number of amides is 4. The first-order chi connectivity index (χ1) is 22.5. The van der Waals surface area contributed by atoms with E-state index in [9.17, 15) is 44.1 Å². The fourth-order valence-electron chi connectivity index (χ4n) is 7.96. The van der Waals surface area contributed by atoms with Crippen LogP contribution in [0.3, 0.4) is 0 Å². The van der Waals surface area contributed by atoms with Crippen LogP contribution in [-0.4, -0.2) is 58.0 Å². The number of phenols is 1. The van der Waals surface area contributed by atoms with E-state index in [0.29, 0.717) is 11.1 Å². The van der Waals surface area contributed by atoms with Crippen LogP contribution >= 0.6 is 0 Å². The van der Waals surface area contributed by atoms with Crippen LogP contribution in [0, 0.1) is 29.6 Å². The summed E-state index contributed by atoms with van der Waals surface area (Å²) in [6.07, 6.45) is 2.03. The number of carboxylic acids is 2. The molecule has 0 aromatic heterocycles. The predicted molar refractivity (Wildman–Crippen MR) is 164 cm³/mol. The summed E-state index contributed by atoms with van der Waals surface area (Å²) in [6.45, 7) is 0. The molecule has 1 saturated carbocycles. The third-order valence-corrected chi connectivity index (χ3v) is 9.94. The van der Waals surface area contributed by atoms with Gasteiger partial charge in [0.1, 0.15) is 0 Å². The Bertz CT molecular complexity index is 1950. The number of ether oxygens (including phenoxy) is 1. The van der Waals surface area contributed by atoms with Crippen LogP contribution in [0.25, 0.3) is 0 Å². The lowest BCUT2D eigenvalue weighted by Gasteiger charge is -2.44. The monoisotopic (exact) mass is 636 g/mol. The molecule has 2 saturated heterocycles. The van der Waals surface area contributed by atoms with Gasteiger partial charge in [-0.25, -0.2) is 9.59 Å². The van der Waals surface area contributed by atoms with Crippen LogP contribution in [0.5, 0.6) is 11.5 Å². The van der Waals surface area contributed by atoms with Crippen LogP contribution in [0.15, 0.2) is 78.4 Å². The summed E-state index contributed by atoms with van der Waals surface area (Å²) < 4.78 is 5.35. The second-order valence-corrected chi connectivity index (χ2v) is 12.2. The van der Waals surface area contributed by atoms with E-state index in [-0.39, 0.29) is 46.8 Å². The van der Waals surface area contributed by atoms with E-state index < -0.39 is 71.1 Å². The number of allylic oxidation sites excluding steroid dienone is 2. The standard InChI is InChI=1S/C35H28N2O10/c1-47-25-10-4-9-21(29(25)38)26-20-11-12-22-27(32(41)36(30(22)39)18-7-2-5-16(13-18)34(43)44)23(20)15-24-28(26)33(42)37(31(24)40)19-8-3-6-17(14-19)35(45)46/h2-11,13-14,22-24,26-28,38H,12,15H2,1H3,(H,43,44)(H,45,46). The highest BCUT2D eigenvalue weighted by Gasteiger charge is 2.62. The Balaban J connectivity index is 1.35. The van der Waals surface area contributed by atoms with Gasteiger partial charge in [0.05, 0.1) is 53.3 Å². The Kier molecular flexibility index (Phi) is 6.96. The maximum atomic E-state index is 14.3. The zero-order valence-electron chi connectivity index (χ0n) is 24.9. The number of nitrogens with zero attached hydrogens (tertiary/aromatic N) is 2. The van der Waals surface area contributed by atoms with Crippen molar-refractivity contribution in [3.63, 3.8) is 0 Å². The first-order valence-electron chi connectivity index (χ1n) is 15.0. The largest absolute Gasteiger partial charge is 0.504 e. The number of hydrogen-bond acceptors (Lipinski definition) is 8. The number of aromatic carboxylic acids is 2. The number of anilines is 2. The lowest BCUT2D eigenvalue weighted by molar-refractivity contribution is -0.126. The molecule has 6 unspecified atom stereocenters. The molecule has 238 valence electrons. The summed E-state index contributed by atoms with van der Waals surface area (Å²) in [5, 5.41) is 30.4. The second-order valence-electron chi connectivity index (χ2n) is 12.2. The molecule has 4 amide bonds. The lowest BCUT2D eigenvalue weighted by atomic mass is 9.57. The highest BCUT2D eigenvalue weighted by molar-refractivity contribution is 6.24. The number of phenolic OH excluding ortho intramolecular Hbond substituents is 1. The van der Waals surface area contributed by atoms with Crippen molar-refractivity contribution in [3.05, 3.63) is 95.1 Å². The smallest absolute Gasteiger partial charge is 0.335 e. The number of para-hydroxylation sites is 1. The number of carbonyl (C=O) groups is 6. The number of aromatic hydroxyl groups is 1. The first-order valence-corrected chi connectivity index (χ1v) is 15.0. The van der Waals surface area contributed by atoms with Crippen LogP contribution < -0.4 is 14.5 Å². The molecule has 47 heavy (non-hydrogen) atoms. The van der Waals surface area contributed by atoms with Gasteiger partial charge < -0.3 is 20.1 Å². The molecule has 4 aliphatic rings. The summed E-state index contributed by atoms with van der Waals surface area (Å²) in [5.74, 6) is -9.86. The van der Waals surface area contributed by atoms with E-state index in [1.54, 1.807) is 18.2 Å². The normalized spacial score (nSPS) is 26.4. The molecule has 2 aliphatic heterocycles. The van der Waals surface area contributed by atoms with Gasteiger partial charge in [0.2, 0.25) is 23.6 Å². The van der Waals surface area contributed by atoms with Gasteiger partial charge in [0, 0.05) is 11.5 Å². The number of methoxy groups -OCH3 is 1. The highest BCUT2D eigenvalue weighted by Crippen LogP contribution is 2.59. The lowest BCUT2D eigenvalue weighted by Crippen LogP contribution is -2.43. The van der Waals surface area contributed by atoms with Crippen LogP contribution in [-0.2, 0) is 19.2 Å². The molecule has 7 rings (SSSR count). The molecule has 12 nitrogen and oxygen atoms in total. The van der Waals surface area contributed by atoms with Crippen molar-refractivity contribution in [2.75, 3.05) is 16.9 Å². The fourth-order valence-corrected chi connectivity index (χ4v) is 7.96. The first kappa shape index (κ1) is 29.9. The van der Waals surface area contributed by atoms with E-state index in [0.717, 1.165) is 9.80 Å². The van der Waals surface area contributed by atoms with Crippen LogP contribution in [0.4, 0.5) is 11.4 Å². The number of carboxylic acid groups (broad SMARTS) is 2. The van der Waals surface area contributed by atoms with Gasteiger partial charge in [-0.1, -0.05) is 35.9 Å². The van der Waals surface area contributed by atoms with Gasteiger partial charge in [-0.15, -0.1) is 0 Å². The number of fused-ring (bicyclic) bond motifs is 4. The Morgan fingerprint density at radius 3 is 1.85 bits per heavy atom. The zero-order chi connectivity index (χ0) is 33.3. The Morgan fingerprint density at radius 2 is 1.28 bits per heavy atom. The molecule has 3 fully saturated rings. The molecule has 6 atom stereocenters. The molecule has 2 aliphatic carbocycles. The van der Waals surface area contributed by atoms with Gasteiger partial charge >= 0.3 is 11.9 Å². The van der Waals surface area contributed by atoms with Crippen molar-refractivity contribution in [3.8, 4) is 11.5 Å². The summed E-state index contributed by atoms with van der Waals surface area (Å²) in [4.78, 5) is 81.7. The van der Waals surface area contributed by atoms with Gasteiger partial charge in [-0.2, -0.15) is 0 Å². The number of hydrogen-bond donors (Lipinski definition) is 3. The van der Waals surface area contributed by atoms with Gasteiger partial charge in [0.15, 0.2) is 11.5 Å². The summed E-state index contributed by atoms with van der Waals surface area (Å²) in [7, 11) is 1.38. The average Bonchev–Trinajstić information content (AvgIpc) is 3.47. The second kappa shape index (κ2) is 10.9. The number of carbonyl (C=O) groups excluding carboxylic acids is 4. The number of rotatable bonds is 6. The van der Waals surface area contributed by atoms with Crippen molar-refractivity contribution >= 4 is 46.9 Å². The quantitative estimate of drug-likeness (QED) is 0.266. The predicted octanol–water partition coefficient (Wildman–Crippen LogP) is 3.84. The topological polar surface area (TPSA) is 179 Å². The summed E-state index contributed by atoms with van der Waals surface area (Å²) >= 11 is 0. The van der Waals surface area contributed by atoms with Crippen molar-refractivity contribution in [2.45, 2.75) is 18.8 Å². The van der Waals surface area contributed by atoms with E-state index in [1.807, 2.05) is 6.08 Å². The van der Waals surface area contributed by atoms with E-state index >= 15 is 0 Å². The minimum absolute atomic E-state index is 0.0562. The Hall–Kier alpha value is -5.78. The zero-order valence-corrected chi connectivity index (χ0v) is 24.9. The third kappa shape index (κ3) is 4.43. The molecule has 0 bridgehead atoms. The Morgan fingerprint density at radius 1 is 0.723 bits per heavy atom. The summed E-state index contributed by atoms with van der Waals surface area (Å²) in [5.41, 5.74) is 0.978. The molecule has 0 spiro atoms. The Labute approximate surface area is 267 Å². The molecule has 12 heteroatoms. The van der Waals surface area contributed by atoms with Crippen molar-refractivity contribution < 1.29 is 48.8 Å². The number of benzene rings is 3. The molecule has 3 aromatic rings. The molecular formula is C35H28N2O10. The molecule has 2 heterocycles. The number of imide groups is 2. The maximum absolute atomic E-state index is 14.3. The molecule has 0 radical (unpaired) electrons. The van der Waals surface area contributed by atoms with E-state index in [2.05, 4.69) is 0 Å². The van der Waals surface area contributed by atoms with Gasteiger partial charge in [0.25, 0.3) is 0 Å². The molecular weight excluding hydrogens is 608 g/mol. The highest BCUT2D eigenvalue weighted by atomic mass is 16.5. The maximum Gasteiger partial charge on any atom is 0.335 e. The van der Waals surface area contributed by atoms with Crippen molar-refractivity contribution in [1.29, 1.82) is 0 Å². The molecule has 3 N–H and O–H groups in total.